The van der Waals surface area contributed by atoms with Gasteiger partial charge in [-0.2, -0.15) is 0 Å². The Morgan fingerprint density at radius 3 is 2.52 bits per heavy atom. The molecule has 0 atom stereocenters. The normalized spacial score (nSPS) is 14.3. The molecule has 0 radical (unpaired) electrons. The summed E-state index contributed by atoms with van der Waals surface area (Å²) >= 11 is 5.28. The number of hydrogen-bond donors (Lipinski definition) is 1. The Kier molecular flexibility index (Phi) is 6.65. The summed E-state index contributed by atoms with van der Waals surface area (Å²) < 4.78 is 11.7. The van der Waals surface area contributed by atoms with E-state index in [2.05, 4.69) is 4.98 Å². The van der Waals surface area contributed by atoms with Crippen LogP contribution >= 0.6 is 12.2 Å². The molecule has 2 aromatic rings. The van der Waals surface area contributed by atoms with Crippen LogP contribution in [0.15, 0.2) is 23.0 Å². The summed E-state index contributed by atoms with van der Waals surface area (Å²) in [5, 5.41) is 0.457. The second kappa shape index (κ2) is 9.19. The van der Waals surface area contributed by atoms with Gasteiger partial charge >= 0.3 is 6.09 Å². The van der Waals surface area contributed by atoms with Crippen LogP contribution < -0.4 is 5.56 Å². The molecule has 29 heavy (non-hydrogen) atoms. The average molecular weight is 420 g/mol. The lowest BCUT2D eigenvalue weighted by Crippen LogP contribution is -2.50. The molecule has 0 saturated carbocycles. The molecule has 1 saturated heterocycles. The van der Waals surface area contributed by atoms with Gasteiger partial charge in [0.15, 0.2) is 4.77 Å². The molecule has 1 aromatic carbocycles. The number of nitrogens with one attached hydrogen (secondary N) is 1. The van der Waals surface area contributed by atoms with Crippen molar-refractivity contribution in [3.05, 3.63) is 38.9 Å². The van der Waals surface area contributed by atoms with E-state index < -0.39 is 0 Å². The average Bonchev–Trinajstić information content (AvgIpc) is 2.73. The SMILES string of the molecule is CCOC(=O)N1CCN(C(=O)c2ccc3c(=O)n(CCOC)c(=S)[nH]c3c2)CC1. The summed E-state index contributed by atoms with van der Waals surface area (Å²) in [7, 11) is 1.56. The largest absolute Gasteiger partial charge is 0.450 e. The Bertz CT molecular complexity index is 1020. The van der Waals surface area contributed by atoms with Crippen LogP contribution in [0.2, 0.25) is 0 Å². The first-order chi connectivity index (χ1) is 14.0. The molecule has 9 nitrogen and oxygen atoms in total. The zero-order chi connectivity index (χ0) is 21.0. The molecule has 1 aliphatic heterocycles. The molecule has 0 bridgehead atoms. The highest BCUT2D eigenvalue weighted by Crippen LogP contribution is 2.15. The Balaban J connectivity index is 1.78. The highest BCUT2D eigenvalue weighted by Gasteiger charge is 2.25. The maximum absolute atomic E-state index is 12.9. The fourth-order valence-electron chi connectivity index (χ4n) is 3.26. The Morgan fingerprint density at radius 2 is 1.86 bits per heavy atom. The summed E-state index contributed by atoms with van der Waals surface area (Å²) in [5.74, 6) is -0.154. The van der Waals surface area contributed by atoms with E-state index in [9.17, 15) is 14.4 Å². The fourth-order valence-corrected chi connectivity index (χ4v) is 3.55. The van der Waals surface area contributed by atoms with Crippen molar-refractivity contribution in [2.24, 2.45) is 0 Å². The van der Waals surface area contributed by atoms with Crippen LogP contribution in [-0.2, 0) is 16.0 Å². The van der Waals surface area contributed by atoms with Crippen LogP contribution in [0.5, 0.6) is 0 Å². The number of H-pyrrole nitrogens is 1. The van der Waals surface area contributed by atoms with Crippen LogP contribution in [-0.4, -0.2) is 77.9 Å². The molecular formula is C19H24N4O5S. The highest BCUT2D eigenvalue weighted by atomic mass is 32.1. The predicted octanol–water partition coefficient (Wildman–Crippen LogP) is 1.62. The number of rotatable bonds is 5. The van der Waals surface area contributed by atoms with Crippen molar-refractivity contribution in [1.82, 2.24) is 19.4 Å². The van der Waals surface area contributed by atoms with Gasteiger partial charge in [-0.1, -0.05) is 0 Å². The zero-order valence-electron chi connectivity index (χ0n) is 16.5. The fraction of sp³-hybridized carbons (Fsp3) is 0.474. The van der Waals surface area contributed by atoms with E-state index in [1.54, 1.807) is 42.0 Å². The topological polar surface area (TPSA) is 96.9 Å². The summed E-state index contributed by atoms with van der Waals surface area (Å²) in [6.45, 7) is 4.49. The van der Waals surface area contributed by atoms with E-state index >= 15 is 0 Å². The minimum atomic E-state index is -0.359. The predicted molar refractivity (Wildman–Crippen MR) is 110 cm³/mol. The van der Waals surface area contributed by atoms with Crippen LogP contribution in [0, 0.1) is 4.77 Å². The quantitative estimate of drug-likeness (QED) is 0.739. The van der Waals surface area contributed by atoms with E-state index in [0.29, 0.717) is 62.4 Å². The van der Waals surface area contributed by atoms with Crippen molar-refractivity contribution in [1.29, 1.82) is 0 Å². The summed E-state index contributed by atoms with van der Waals surface area (Å²) in [5.41, 5.74) is 0.759. The molecule has 2 amide bonds. The molecular weight excluding hydrogens is 396 g/mol. The molecule has 156 valence electrons. The van der Waals surface area contributed by atoms with Gasteiger partial charge in [-0.25, -0.2) is 4.79 Å². The number of hydrogen-bond acceptors (Lipinski definition) is 6. The van der Waals surface area contributed by atoms with Gasteiger partial charge in [0.2, 0.25) is 0 Å². The van der Waals surface area contributed by atoms with E-state index in [4.69, 9.17) is 21.7 Å². The van der Waals surface area contributed by atoms with Gasteiger partial charge in [-0.15, -0.1) is 0 Å². The number of piperazine rings is 1. The zero-order valence-corrected chi connectivity index (χ0v) is 17.3. The van der Waals surface area contributed by atoms with Gasteiger partial charge in [-0.05, 0) is 37.3 Å². The number of benzene rings is 1. The maximum atomic E-state index is 12.9. The van der Waals surface area contributed by atoms with E-state index in [1.165, 1.54) is 4.57 Å². The lowest BCUT2D eigenvalue weighted by atomic mass is 10.1. The molecule has 3 rings (SSSR count). The minimum absolute atomic E-state index is 0.154. The lowest BCUT2D eigenvalue weighted by Gasteiger charge is -2.34. The molecule has 0 spiro atoms. The first-order valence-corrected chi connectivity index (χ1v) is 9.84. The lowest BCUT2D eigenvalue weighted by molar-refractivity contribution is 0.0570. The number of carbonyl (C=O) groups excluding carboxylic acids is 2. The summed E-state index contributed by atoms with van der Waals surface area (Å²) in [6, 6.07) is 4.92. The van der Waals surface area contributed by atoms with Crippen molar-refractivity contribution in [2.45, 2.75) is 13.5 Å². The second-order valence-electron chi connectivity index (χ2n) is 6.62. The van der Waals surface area contributed by atoms with Gasteiger partial charge in [-0.3, -0.25) is 14.2 Å². The Morgan fingerprint density at radius 1 is 1.17 bits per heavy atom. The molecule has 2 heterocycles. The Labute approximate surface area is 172 Å². The third kappa shape index (κ3) is 4.48. The summed E-state index contributed by atoms with van der Waals surface area (Å²) in [4.78, 5) is 43.6. The molecule has 1 fully saturated rings. The number of amides is 2. The standard InChI is InChI=1S/C19H24N4O5S/c1-3-28-19(26)22-8-6-21(7-9-22)16(24)13-4-5-14-15(12-13)20-18(29)23(17(14)25)10-11-27-2/h4-5,12H,3,6-11H2,1-2H3,(H,20,29). The van der Waals surface area contributed by atoms with Crippen molar-refractivity contribution in [3.63, 3.8) is 0 Å². The number of fused-ring (bicyclic) bond motifs is 1. The van der Waals surface area contributed by atoms with Crippen molar-refractivity contribution < 1.29 is 19.1 Å². The highest BCUT2D eigenvalue weighted by molar-refractivity contribution is 7.71. The smallest absolute Gasteiger partial charge is 0.409 e. The number of aromatic nitrogens is 2. The third-order valence-corrected chi connectivity index (χ3v) is 5.16. The van der Waals surface area contributed by atoms with Gasteiger partial charge in [0.25, 0.3) is 11.5 Å². The molecule has 1 N–H and O–H groups in total. The summed E-state index contributed by atoms with van der Waals surface area (Å²) in [6.07, 6.45) is -0.359. The number of carbonyl (C=O) groups is 2. The van der Waals surface area contributed by atoms with E-state index in [1.807, 2.05) is 0 Å². The van der Waals surface area contributed by atoms with E-state index in [0.717, 1.165) is 0 Å². The van der Waals surface area contributed by atoms with Gasteiger partial charge in [0.1, 0.15) is 0 Å². The van der Waals surface area contributed by atoms with Crippen LogP contribution in [0.1, 0.15) is 17.3 Å². The van der Waals surface area contributed by atoms with Crippen LogP contribution in [0.4, 0.5) is 4.79 Å². The number of ether oxygens (including phenoxy) is 2. The second-order valence-corrected chi connectivity index (χ2v) is 7.00. The number of aromatic amines is 1. The molecule has 1 aromatic heterocycles. The van der Waals surface area contributed by atoms with Crippen molar-refractivity contribution in [3.8, 4) is 0 Å². The number of methoxy groups -OCH3 is 1. The minimum Gasteiger partial charge on any atom is -0.450 e. The maximum Gasteiger partial charge on any atom is 0.409 e. The molecule has 10 heteroatoms. The van der Waals surface area contributed by atoms with Crippen molar-refractivity contribution >= 4 is 35.1 Å². The van der Waals surface area contributed by atoms with Crippen LogP contribution in [0.25, 0.3) is 10.9 Å². The van der Waals surface area contributed by atoms with Crippen LogP contribution in [0.3, 0.4) is 0 Å². The van der Waals surface area contributed by atoms with Gasteiger partial charge in [0.05, 0.1) is 30.7 Å². The molecule has 0 aliphatic carbocycles. The van der Waals surface area contributed by atoms with Crippen molar-refractivity contribution in [2.75, 3.05) is 46.5 Å². The first kappa shape index (κ1) is 21.0. The first-order valence-electron chi connectivity index (χ1n) is 9.43. The van der Waals surface area contributed by atoms with Gasteiger partial charge < -0.3 is 24.3 Å². The third-order valence-electron chi connectivity index (χ3n) is 4.84. The van der Waals surface area contributed by atoms with Gasteiger partial charge in [0, 0.05) is 38.9 Å². The molecule has 1 aliphatic rings. The Hall–Kier alpha value is -2.72. The molecule has 0 unspecified atom stereocenters. The number of nitrogens with zero attached hydrogens (tertiary/aromatic N) is 3. The monoisotopic (exact) mass is 420 g/mol. The van der Waals surface area contributed by atoms with E-state index in [-0.39, 0.29) is 22.3 Å².